The highest BCUT2D eigenvalue weighted by atomic mass is 15.1. The van der Waals surface area contributed by atoms with Gasteiger partial charge < -0.3 is 9.47 Å². The van der Waals surface area contributed by atoms with Crippen molar-refractivity contribution in [2.45, 2.75) is 39.2 Å². The van der Waals surface area contributed by atoms with E-state index in [-0.39, 0.29) is 5.54 Å². The van der Waals surface area contributed by atoms with E-state index < -0.39 is 0 Å². The molecule has 252 valence electrons. The zero-order valence-electron chi connectivity index (χ0n) is 29.9. The molecule has 9 rings (SSSR count). The van der Waals surface area contributed by atoms with Gasteiger partial charge in [-0.25, -0.2) is 4.98 Å². The maximum atomic E-state index is 5.08. The van der Waals surface area contributed by atoms with Crippen LogP contribution in [-0.4, -0.2) is 9.55 Å². The number of para-hydroxylation sites is 1. The minimum absolute atomic E-state index is 0.119. The predicted octanol–water partition coefficient (Wildman–Crippen LogP) is 12.1. The van der Waals surface area contributed by atoms with E-state index in [1.807, 2.05) is 0 Å². The molecular weight excluding hydrogens is 633 g/mol. The Kier molecular flexibility index (Phi) is 7.62. The first-order valence-corrected chi connectivity index (χ1v) is 18.3. The first-order valence-electron chi connectivity index (χ1n) is 18.3. The van der Waals surface area contributed by atoms with Gasteiger partial charge in [-0.3, -0.25) is 0 Å². The highest BCUT2D eigenvalue weighted by Crippen LogP contribution is 2.45. The molecule has 0 N–H and O–H groups in total. The van der Waals surface area contributed by atoms with Crippen LogP contribution < -0.4 is 9.47 Å². The Morgan fingerprint density at radius 1 is 0.673 bits per heavy atom. The zero-order chi connectivity index (χ0) is 35.4. The molecule has 0 fully saturated rings. The number of nitrogens with zero attached hydrogens (tertiary/aromatic N) is 4. The van der Waals surface area contributed by atoms with Gasteiger partial charge in [0.25, 0.3) is 0 Å². The Morgan fingerprint density at radius 3 is 2.00 bits per heavy atom. The van der Waals surface area contributed by atoms with Gasteiger partial charge in [-0.05, 0) is 71.8 Å². The van der Waals surface area contributed by atoms with E-state index in [1.54, 1.807) is 0 Å². The molecule has 8 aromatic rings. The van der Waals surface area contributed by atoms with Crippen LogP contribution >= 0.6 is 0 Å². The highest BCUT2D eigenvalue weighted by Gasteiger charge is 2.46. The zero-order valence-corrected chi connectivity index (χ0v) is 29.9. The minimum atomic E-state index is -0.119. The van der Waals surface area contributed by atoms with Crippen LogP contribution in [0.15, 0.2) is 165 Å². The summed E-state index contributed by atoms with van der Waals surface area (Å²) in [5.41, 5.74) is 11.2. The molecule has 1 aliphatic heterocycles. The molecular formula is C48H41N4+. The van der Waals surface area contributed by atoms with E-state index in [4.69, 9.17) is 4.98 Å². The molecule has 0 aliphatic carbocycles. The largest absolute Gasteiger partial charge is 0.309 e. The number of aryl methyl sites for hydroxylation is 1. The molecule has 0 saturated carbocycles. The third kappa shape index (κ3) is 4.90. The number of rotatable bonds is 7. The van der Waals surface area contributed by atoms with E-state index in [0.717, 1.165) is 47.0 Å². The van der Waals surface area contributed by atoms with Crippen molar-refractivity contribution in [3.8, 4) is 28.2 Å². The molecule has 0 spiro atoms. The van der Waals surface area contributed by atoms with Gasteiger partial charge in [0.15, 0.2) is 11.7 Å². The van der Waals surface area contributed by atoms with Crippen molar-refractivity contribution in [2.75, 3.05) is 4.90 Å². The van der Waals surface area contributed by atoms with Gasteiger partial charge in [0, 0.05) is 70.1 Å². The van der Waals surface area contributed by atoms with E-state index in [0.29, 0.717) is 0 Å². The van der Waals surface area contributed by atoms with Crippen molar-refractivity contribution < 1.29 is 4.57 Å². The van der Waals surface area contributed by atoms with Crippen molar-refractivity contribution in [3.63, 3.8) is 0 Å². The van der Waals surface area contributed by atoms with Gasteiger partial charge in [-0.15, -0.1) is 0 Å². The van der Waals surface area contributed by atoms with Crippen LogP contribution in [0.2, 0.25) is 0 Å². The Hall–Kier alpha value is -6.26. The molecule has 0 bridgehead atoms. The van der Waals surface area contributed by atoms with Crippen molar-refractivity contribution >= 4 is 44.2 Å². The van der Waals surface area contributed by atoms with Gasteiger partial charge in [-0.1, -0.05) is 105 Å². The summed E-state index contributed by atoms with van der Waals surface area (Å²) < 4.78 is 4.65. The lowest BCUT2D eigenvalue weighted by Crippen LogP contribution is -2.59. The van der Waals surface area contributed by atoms with E-state index in [9.17, 15) is 0 Å². The number of fused-ring (bicyclic) bond motifs is 5. The molecule has 0 amide bonds. The number of hydrogen-bond donors (Lipinski definition) is 0. The number of benzene rings is 6. The maximum absolute atomic E-state index is 5.08. The molecule has 0 atom stereocenters. The summed E-state index contributed by atoms with van der Waals surface area (Å²) in [5.74, 6) is 0.944. The van der Waals surface area contributed by atoms with Crippen LogP contribution in [0.5, 0.6) is 0 Å². The van der Waals surface area contributed by atoms with E-state index in [1.165, 1.54) is 49.6 Å². The number of aromatic nitrogens is 3. The van der Waals surface area contributed by atoms with Crippen LogP contribution in [-0.2, 0) is 5.54 Å². The summed E-state index contributed by atoms with van der Waals surface area (Å²) in [4.78, 5) is 7.47. The first-order chi connectivity index (χ1) is 25.5. The number of hydrogen-bond acceptors (Lipinski definition) is 2. The molecule has 3 heterocycles. The highest BCUT2D eigenvalue weighted by molar-refractivity contribution is 6.14. The second kappa shape index (κ2) is 12.5. The smallest absolute Gasteiger partial charge is 0.213 e. The lowest BCUT2D eigenvalue weighted by Gasteiger charge is -2.34. The van der Waals surface area contributed by atoms with Crippen LogP contribution in [0.3, 0.4) is 0 Å². The summed E-state index contributed by atoms with van der Waals surface area (Å²) in [7, 11) is 0. The van der Waals surface area contributed by atoms with Crippen molar-refractivity contribution in [2.24, 2.45) is 0 Å². The second-order valence-corrected chi connectivity index (χ2v) is 13.8. The lowest BCUT2D eigenvalue weighted by molar-refractivity contribution is -0.741. The molecule has 1 aliphatic rings. The summed E-state index contributed by atoms with van der Waals surface area (Å²) in [6.45, 7) is 11.3. The third-order valence-corrected chi connectivity index (χ3v) is 11.2. The van der Waals surface area contributed by atoms with Gasteiger partial charge in [0.1, 0.15) is 5.82 Å². The fourth-order valence-corrected chi connectivity index (χ4v) is 8.48. The summed E-state index contributed by atoms with van der Waals surface area (Å²) in [6.07, 6.45) is 6.37. The standard InChI is InChI=1S/C48H41N4/c1-5-48(6-2)33(3)41-28-27-40(31-44(41)46-22-14-15-29-51(46)48)50-32-45(49-34(50)4)35-23-25-39(26-24-35)52(38-18-8-7-9-19-38)47-42-20-12-10-16-36(42)30-37-17-11-13-21-43(37)47/h7-32H,3,5-6H2,1-2,4H3/q+1. The van der Waals surface area contributed by atoms with Crippen molar-refractivity contribution in [1.29, 1.82) is 0 Å². The number of allylic oxidation sites excluding steroid dienone is 1. The average Bonchev–Trinajstić information content (AvgIpc) is 3.60. The fraction of sp³-hybridized carbons (Fsp3) is 0.125. The molecule has 0 radical (unpaired) electrons. The van der Waals surface area contributed by atoms with Crippen LogP contribution in [0.1, 0.15) is 38.1 Å². The van der Waals surface area contributed by atoms with Crippen molar-refractivity contribution in [3.05, 3.63) is 176 Å². The van der Waals surface area contributed by atoms with Gasteiger partial charge in [0.05, 0.1) is 16.9 Å². The SMILES string of the molecule is C=C1c2ccc(-n3cc(-c4ccc(N(c5ccccc5)c5c6ccccc6cc6ccccc56)cc4)nc3C)cc2-c2cccc[n+]2C1(CC)CC. The Bertz CT molecular complexity index is 2570. The molecule has 4 nitrogen and oxygen atoms in total. The molecule has 2 aromatic heterocycles. The lowest BCUT2D eigenvalue weighted by atomic mass is 9.75. The van der Waals surface area contributed by atoms with E-state index >= 15 is 0 Å². The Morgan fingerprint density at radius 2 is 1.31 bits per heavy atom. The van der Waals surface area contributed by atoms with Gasteiger partial charge in [-0.2, -0.15) is 4.57 Å². The topological polar surface area (TPSA) is 24.9 Å². The number of anilines is 3. The average molecular weight is 674 g/mol. The van der Waals surface area contributed by atoms with Crippen LogP contribution in [0.4, 0.5) is 17.1 Å². The van der Waals surface area contributed by atoms with E-state index in [2.05, 4.69) is 199 Å². The first kappa shape index (κ1) is 31.7. The minimum Gasteiger partial charge on any atom is -0.309 e. The quantitative estimate of drug-likeness (QED) is 0.124. The van der Waals surface area contributed by atoms with Crippen LogP contribution in [0, 0.1) is 6.92 Å². The predicted molar refractivity (Wildman–Crippen MR) is 217 cm³/mol. The molecule has 6 aromatic carbocycles. The summed E-state index contributed by atoms with van der Waals surface area (Å²) in [5, 5.41) is 4.87. The summed E-state index contributed by atoms with van der Waals surface area (Å²) >= 11 is 0. The number of imidazole rings is 1. The van der Waals surface area contributed by atoms with Crippen LogP contribution in [0.25, 0.3) is 55.3 Å². The van der Waals surface area contributed by atoms with Crippen molar-refractivity contribution in [1.82, 2.24) is 9.55 Å². The normalized spacial score (nSPS) is 13.2. The number of pyridine rings is 1. The van der Waals surface area contributed by atoms with Gasteiger partial charge in [0.2, 0.25) is 5.69 Å². The fourth-order valence-electron chi connectivity index (χ4n) is 8.48. The Labute approximate surface area is 305 Å². The molecule has 4 heteroatoms. The maximum Gasteiger partial charge on any atom is 0.213 e. The monoisotopic (exact) mass is 673 g/mol. The summed E-state index contributed by atoms with van der Waals surface area (Å²) in [6, 6.07) is 52.4. The molecule has 0 unspecified atom stereocenters. The molecule has 52 heavy (non-hydrogen) atoms. The second-order valence-electron chi connectivity index (χ2n) is 13.8. The third-order valence-electron chi connectivity index (χ3n) is 11.2. The molecule has 0 saturated heterocycles. The Balaban J connectivity index is 1.12. The van der Waals surface area contributed by atoms with Gasteiger partial charge >= 0.3 is 0 Å².